The lowest BCUT2D eigenvalue weighted by Gasteiger charge is -2.13. The Balaban J connectivity index is 1.96. The molecule has 0 radical (unpaired) electrons. The van der Waals surface area contributed by atoms with Crippen LogP contribution in [0.1, 0.15) is 11.1 Å². The maximum absolute atomic E-state index is 12.5. The van der Waals surface area contributed by atoms with Crippen LogP contribution in [-0.4, -0.2) is 10.2 Å². The highest BCUT2D eigenvalue weighted by Crippen LogP contribution is 2.35. The van der Waals surface area contributed by atoms with Crippen LogP contribution in [0, 0.1) is 0 Å². The van der Waals surface area contributed by atoms with Crippen molar-refractivity contribution >= 4 is 46.2 Å². The van der Waals surface area contributed by atoms with E-state index in [0.29, 0.717) is 10.6 Å². The predicted octanol–water partition coefficient (Wildman–Crippen LogP) is 5.20. The molecule has 0 heterocycles. The number of halogens is 5. The third kappa shape index (κ3) is 4.90. The van der Waals surface area contributed by atoms with Gasteiger partial charge in [0.2, 0.25) is 0 Å². The van der Waals surface area contributed by atoms with Crippen molar-refractivity contribution in [1.29, 1.82) is 0 Å². The zero-order valence-corrected chi connectivity index (χ0v) is 14.2. The Morgan fingerprint density at radius 1 is 1.12 bits per heavy atom. The van der Waals surface area contributed by atoms with Gasteiger partial charge in [-0.25, -0.2) is 0 Å². The van der Waals surface area contributed by atoms with E-state index in [2.05, 4.69) is 10.6 Å². The van der Waals surface area contributed by atoms with Gasteiger partial charge < -0.3 is 15.7 Å². The first-order valence-electron chi connectivity index (χ1n) is 6.56. The van der Waals surface area contributed by atoms with Gasteiger partial charge in [0.1, 0.15) is 0 Å². The Bertz CT molecular complexity index is 752. The maximum atomic E-state index is 12.5. The number of alkyl halides is 3. The van der Waals surface area contributed by atoms with Crippen LogP contribution >= 0.6 is 35.4 Å². The van der Waals surface area contributed by atoms with Gasteiger partial charge in [-0.1, -0.05) is 35.3 Å². The van der Waals surface area contributed by atoms with Crippen molar-refractivity contribution in [2.75, 3.05) is 5.32 Å². The normalized spacial score (nSPS) is 11.2. The molecule has 2 aromatic rings. The summed E-state index contributed by atoms with van der Waals surface area (Å²) in [6, 6.07) is 7.52. The molecule has 0 fully saturated rings. The van der Waals surface area contributed by atoms with E-state index in [1.807, 2.05) is 0 Å². The average molecular weight is 395 g/mol. The van der Waals surface area contributed by atoms with Crippen molar-refractivity contribution in [2.45, 2.75) is 12.7 Å². The number of rotatable bonds is 3. The van der Waals surface area contributed by atoms with Crippen molar-refractivity contribution in [2.24, 2.45) is 0 Å². The minimum absolute atomic E-state index is 0.0653. The highest BCUT2D eigenvalue weighted by Gasteiger charge is 2.29. The third-order valence-corrected chi connectivity index (χ3v) is 3.76. The molecule has 3 N–H and O–H groups in total. The lowest BCUT2D eigenvalue weighted by molar-refractivity contribution is -0.137. The van der Waals surface area contributed by atoms with Gasteiger partial charge in [-0.05, 0) is 42.0 Å². The molecule has 3 nitrogen and oxygen atoms in total. The van der Waals surface area contributed by atoms with Crippen LogP contribution in [0.3, 0.4) is 0 Å². The maximum Gasteiger partial charge on any atom is 0.416 e. The van der Waals surface area contributed by atoms with Crippen molar-refractivity contribution in [3.05, 3.63) is 57.6 Å². The molecule has 0 aliphatic rings. The summed E-state index contributed by atoms with van der Waals surface area (Å²) < 4.78 is 37.5. The SMILES string of the molecule is Oc1c(Cl)cc(Cl)cc1NC(=S)NCc1ccc(C(F)(F)F)cc1. The van der Waals surface area contributed by atoms with Crippen LogP contribution in [0.25, 0.3) is 0 Å². The fourth-order valence-corrected chi connectivity index (χ4v) is 2.50. The fraction of sp³-hybridized carbons (Fsp3) is 0.133. The van der Waals surface area contributed by atoms with Crippen molar-refractivity contribution < 1.29 is 18.3 Å². The Labute approximate surface area is 151 Å². The topological polar surface area (TPSA) is 44.3 Å². The average Bonchev–Trinajstić information content (AvgIpc) is 2.49. The first-order chi connectivity index (χ1) is 11.2. The van der Waals surface area contributed by atoms with Crippen molar-refractivity contribution in [1.82, 2.24) is 5.32 Å². The van der Waals surface area contributed by atoms with Crippen molar-refractivity contribution in [3.8, 4) is 5.75 Å². The van der Waals surface area contributed by atoms with Crippen LogP contribution in [0.15, 0.2) is 36.4 Å². The number of aromatic hydroxyl groups is 1. The summed E-state index contributed by atoms with van der Waals surface area (Å²) in [7, 11) is 0. The van der Waals surface area contributed by atoms with Crippen LogP contribution in [0.5, 0.6) is 5.75 Å². The van der Waals surface area contributed by atoms with Gasteiger partial charge in [-0.2, -0.15) is 13.2 Å². The molecule has 0 unspecified atom stereocenters. The Hall–Kier alpha value is -1.70. The molecule has 0 atom stereocenters. The molecular weight excluding hydrogens is 384 g/mol. The number of nitrogens with one attached hydrogen (secondary N) is 2. The van der Waals surface area contributed by atoms with E-state index in [-0.39, 0.29) is 28.1 Å². The zero-order valence-electron chi connectivity index (χ0n) is 11.9. The van der Waals surface area contributed by atoms with Gasteiger partial charge in [0.15, 0.2) is 10.9 Å². The standard InChI is InChI=1S/C15H11Cl2F3N2OS/c16-10-5-11(17)13(23)12(6-10)22-14(24)21-7-8-1-3-9(4-2-8)15(18,19)20/h1-6,23H,7H2,(H2,21,22,24). The first-order valence-corrected chi connectivity index (χ1v) is 7.72. The van der Waals surface area contributed by atoms with Crippen LogP contribution in [-0.2, 0) is 12.7 Å². The number of hydrogen-bond acceptors (Lipinski definition) is 2. The van der Waals surface area contributed by atoms with E-state index in [1.54, 1.807) is 0 Å². The molecule has 0 saturated heterocycles. The quantitative estimate of drug-likeness (QED) is 0.494. The molecule has 0 spiro atoms. The second-order valence-electron chi connectivity index (χ2n) is 4.79. The second-order valence-corrected chi connectivity index (χ2v) is 6.04. The highest BCUT2D eigenvalue weighted by molar-refractivity contribution is 7.80. The van der Waals surface area contributed by atoms with Crippen LogP contribution < -0.4 is 10.6 Å². The van der Waals surface area contributed by atoms with E-state index in [0.717, 1.165) is 12.1 Å². The van der Waals surface area contributed by atoms with Gasteiger partial charge in [0.05, 0.1) is 16.3 Å². The van der Waals surface area contributed by atoms with E-state index in [1.165, 1.54) is 24.3 Å². The number of thiocarbonyl (C=S) groups is 1. The van der Waals surface area contributed by atoms with Gasteiger partial charge in [-0.15, -0.1) is 0 Å². The molecule has 0 aliphatic heterocycles. The van der Waals surface area contributed by atoms with Crippen LogP contribution in [0.4, 0.5) is 18.9 Å². The molecule has 0 saturated carbocycles. The number of phenols is 1. The minimum Gasteiger partial charge on any atom is -0.504 e. The first kappa shape index (κ1) is 18.6. The summed E-state index contributed by atoms with van der Waals surface area (Å²) >= 11 is 16.7. The lowest BCUT2D eigenvalue weighted by atomic mass is 10.1. The van der Waals surface area contributed by atoms with E-state index >= 15 is 0 Å². The Morgan fingerprint density at radius 3 is 2.33 bits per heavy atom. The summed E-state index contributed by atoms with van der Waals surface area (Å²) in [5.41, 5.74) is 0.114. The van der Waals surface area contributed by atoms with E-state index < -0.39 is 11.7 Å². The zero-order chi connectivity index (χ0) is 17.9. The molecule has 128 valence electrons. The smallest absolute Gasteiger partial charge is 0.416 e. The molecule has 0 amide bonds. The summed E-state index contributed by atoms with van der Waals surface area (Å²) in [4.78, 5) is 0. The molecule has 24 heavy (non-hydrogen) atoms. The third-order valence-electron chi connectivity index (χ3n) is 3.01. The molecule has 2 aromatic carbocycles. The number of phenolic OH excluding ortho intramolecular Hbond substituents is 1. The van der Waals surface area contributed by atoms with Gasteiger partial charge in [0, 0.05) is 11.6 Å². The molecular formula is C15H11Cl2F3N2OS. The number of anilines is 1. The monoisotopic (exact) mass is 394 g/mol. The van der Waals surface area contributed by atoms with Crippen LogP contribution in [0.2, 0.25) is 10.0 Å². The second kappa shape index (κ2) is 7.46. The summed E-state index contributed by atoms with van der Waals surface area (Å²) in [5.74, 6) is -0.209. The molecule has 0 aliphatic carbocycles. The Morgan fingerprint density at radius 2 is 1.75 bits per heavy atom. The Kier molecular flexibility index (Phi) is 5.79. The number of benzene rings is 2. The van der Waals surface area contributed by atoms with Gasteiger partial charge in [-0.3, -0.25) is 0 Å². The molecule has 2 rings (SSSR count). The van der Waals surface area contributed by atoms with Gasteiger partial charge in [0.25, 0.3) is 0 Å². The molecule has 0 bridgehead atoms. The highest BCUT2D eigenvalue weighted by atomic mass is 35.5. The predicted molar refractivity (Wildman–Crippen MR) is 92.6 cm³/mol. The summed E-state index contributed by atoms with van der Waals surface area (Å²) in [5, 5.41) is 15.9. The minimum atomic E-state index is -4.37. The summed E-state index contributed by atoms with van der Waals surface area (Å²) in [6.07, 6.45) is -4.37. The lowest BCUT2D eigenvalue weighted by Crippen LogP contribution is -2.28. The molecule has 9 heteroatoms. The van der Waals surface area contributed by atoms with E-state index in [9.17, 15) is 18.3 Å². The fourth-order valence-electron chi connectivity index (χ4n) is 1.82. The van der Waals surface area contributed by atoms with Gasteiger partial charge >= 0.3 is 6.18 Å². The number of hydrogen-bond donors (Lipinski definition) is 3. The largest absolute Gasteiger partial charge is 0.504 e. The van der Waals surface area contributed by atoms with Crippen molar-refractivity contribution in [3.63, 3.8) is 0 Å². The summed E-state index contributed by atoms with van der Waals surface area (Å²) in [6.45, 7) is 0.207. The molecule has 0 aromatic heterocycles. The van der Waals surface area contributed by atoms with E-state index in [4.69, 9.17) is 35.4 Å².